The first-order chi connectivity index (χ1) is 30.5. The second-order valence-electron chi connectivity index (χ2n) is 15.0. The molecule has 0 radical (unpaired) electrons. The number of benzene rings is 6. The van der Waals surface area contributed by atoms with E-state index in [0.29, 0.717) is 23.0 Å². The number of fused-ring (bicyclic) bond motifs is 3. The van der Waals surface area contributed by atoms with E-state index in [2.05, 4.69) is 43.1 Å². The number of hydrogen-bond acceptors (Lipinski definition) is 4. The number of anilines is 2. The standard InChI is InChI=1S/C51H46N4O/c1-50(2,3)39-25-26-52-49(32-39)55-47-22-13-12-21-45(47)46-24-23-43(34-48(46)55)56-44-30-37(36-15-8-6-9-16-36)29-42(33-44)54-28-27-53(35-54)41-20-14-19-40(31-41)51(4,5)38-17-10-7-11-18-38/h6-34H,35H2,1-5H3/i1D3,2D3,27D,28D. The molecule has 0 bridgehead atoms. The lowest BCUT2D eigenvalue weighted by Crippen LogP contribution is -2.25. The van der Waals surface area contributed by atoms with Crippen molar-refractivity contribution in [3.05, 3.63) is 193 Å². The lowest BCUT2D eigenvalue weighted by Gasteiger charge is -2.28. The predicted octanol–water partition coefficient (Wildman–Crippen LogP) is 13.0. The second kappa shape index (κ2) is 13.9. The normalized spacial score (nSPS) is 16.1. The van der Waals surface area contributed by atoms with Crippen LogP contribution in [0.4, 0.5) is 11.4 Å². The highest BCUT2D eigenvalue weighted by molar-refractivity contribution is 6.09. The summed E-state index contributed by atoms with van der Waals surface area (Å²) in [5.74, 6) is 1.37. The van der Waals surface area contributed by atoms with Crippen molar-refractivity contribution in [2.75, 3.05) is 16.5 Å². The van der Waals surface area contributed by atoms with E-state index in [1.165, 1.54) is 24.8 Å². The first-order valence-electron chi connectivity index (χ1n) is 22.7. The summed E-state index contributed by atoms with van der Waals surface area (Å²) in [6.07, 6.45) is 1.59. The summed E-state index contributed by atoms with van der Waals surface area (Å²) in [4.78, 5) is 8.31. The van der Waals surface area contributed by atoms with Gasteiger partial charge in [-0.15, -0.1) is 0 Å². The van der Waals surface area contributed by atoms with Crippen molar-refractivity contribution in [1.29, 1.82) is 0 Å². The van der Waals surface area contributed by atoms with Gasteiger partial charge in [0, 0.05) is 66.5 Å². The van der Waals surface area contributed by atoms with Crippen LogP contribution >= 0.6 is 0 Å². The maximum absolute atomic E-state index is 9.23. The molecule has 1 aliphatic rings. The smallest absolute Gasteiger partial charge is 0.137 e. The van der Waals surface area contributed by atoms with Crippen molar-refractivity contribution in [1.82, 2.24) is 9.55 Å². The van der Waals surface area contributed by atoms with Gasteiger partial charge in [0.15, 0.2) is 0 Å². The highest BCUT2D eigenvalue weighted by Gasteiger charge is 2.25. The topological polar surface area (TPSA) is 33.5 Å². The highest BCUT2D eigenvalue weighted by atomic mass is 16.5. The molecular weight excluding hydrogens is 685 g/mol. The van der Waals surface area contributed by atoms with Gasteiger partial charge in [-0.3, -0.25) is 4.57 Å². The maximum atomic E-state index is 9.23. The number of rotatable bonds is 8. The molecule has 6 aromatic carbocycles. The summed E-state index contributed by atoms with van der Waals surface area (Å²) in [5.41, 5.74) is 4.78. The molecule has 1 aliphatic heterocycles. The molecule has 0 saturated carbocycles. The monoisotopic (exact) mass is 738 g/mol. The summed E-state index contributed by atoms with van der Waals surface area (Å²) in [6, 6.07) is 50.8. The van der Waals surface area contributed by atoms with Crippen molar-refractivity contribution >= 4 is 33.2 Å². The van der Waals surface area contributed by atoms with Gasteiger partial charge in [0.1, 0.15) is 17.3 Å². The Morgan fingerprint density at radius 2 is 1.29 bits per heavy atom. The van der Waals surface area contributed by atoms with Gasteiger partial charge in [-0.1, -0.05) is 125 Å². The van der Waals surface area contributed by atoms with E-state index >= 15 is 0 Å². The van der Waals surface area contributed by atoms with E-state index < -0.39 is 19.1 Å². The molecular formula is C51H46N4O. The summed E-state index contributed by atoms with van der Waals surface area (Å²) in [5, 5.41) is 1.82. The van der Waals surface area contributed by atoms with Crippen LogP contribution < -0.4 is 14.5 Å². The Bertz CT molecular complexity index is 3050. The predicted molar refractivity (Wildman–Crippen MR) is 233 cm³/mol. The molecule has 5 heteroatoms. The highest BCUT2D eigenvalue weighted by Crippen LogP contribution is 2.39. The number of para-hydroxylation sites is 1. The Hall–Kier alpha value is -6.59. The van der Waals surface area contributed by atoms with Crippen molar-refractivity contribution < 1.29 is 15.7 Å². The number of hydrogen-bond donors (Lipinski definition) is 0. The third kappa shape index (κ3) is 6.60. The van der Waals surface area contributed by atoms with Crippen molar-refractivity contribution in [2.24, 2.45) is 0 Å². The van der Waals surface area contributed by atoms with Gasteiger partial charge >= 0.3 is 0 Å². The Labute approximate surface area is 341 Å². The fourth-order valence-electron chi connectivity index (χ4n) is 7.55. The van der Waals surface area contributed by atoms with Gasteiger partial charge in [0.05, 0.1) is 20.4 Å². The van der Waals surface area contributed by atoms with Gasteiger partial charge in [0.25, 0.3) is 0 Å². The second-order valence-corrected chi connectivity index (χ2v) is 15.0. The molecule has 0 fully saturated rings. The van der Waals surface area contributed by atoms with E-state index in [1.54, 1.807) is 6.07 Å². The third-order valence-electron chi connectivity index (χ3n) is 10.7. The fraction of sp³-hybridized carbons (Fsp3) is 0.157. The van der Waals surface area contributed by atoms with Crippen LogP contribution in [0, 0.1) is 0 Å². The molecule has 56 heavy (non-hydrogen) atoms. The quantitative estimate of drug-likeness (QED) is 0.155. The Balaban J connectivity index is 1.10. The van der Waals surface area contributed by atoms with Crippen LogP contribution in [0.1, 0.15) is 62.1 Å². The number of aromatic nitrogens is 2. The minimum Gasteiger partial charge on any atom is -0.457 e. The van der Waals surface area contributed by atoms with Gasteiger partial charge in [0.2, 0.25) is 0 Å². The van der Waals surface area contributed by atoms with Crippen LogP contribution in [0.3, 0.4) is 0 Å². The lowest BCUT2D eigenvalue weighted by atomic mass is 9.78. The van der Waals surface area contributed by atoms with Gasteiger partial charge in [-0.25, -0.2) is 4.98 Å². The average Bonchev–Trinajstić information content (AvgIpc) is 3.78. The summed E-state index contributed by atoms with van der Waals surface area (Å²) in [7, 11) is 0. The first kappa shape index (κ1) is 27.1. The molecule has 3 heterocycles. The number of ether oxygens (including phenoxy) is 1. The Morgan fingerprint density at radius 3 is 2.09 bits per heavy atom. The molecule has 0 unspecified atom stereocenters. The molecule has 5 nitrogen and oxygen atoms in total. The van der Waals surface area contributed by atoms with Crippen LogP contribution in [0.5, 0.6) is 11.5 Å². The molecule has 0 atom stereocenters. The van der Waals surface area contributed by atoms with E-state index in [0.717, 1.165) is 44.2 Å². The minimum atomic E-state index is -2.83. The molecule has 0 aliphatic carbocycles. The molecule has 9 rings (SSSR count). The van der Waals surface area contributed by atoms with Crippen molar-refractivity contribution in [2.45, 2.75) is 45.3 Å². The molecule has 8 aromatic rings. The van der Waals surface area contributed by atoms with Crippen LogP contribution in [0.2, 0.25) is 0 Å². The van der Waals surface area contributed by atoms with E-state index in [4.69, 9.17) is 14.3 Å². The number of pyridine rings is 1. The molecule has 0 amide bonds. The first-order valence-corrected chi connectivity index (χ1v) is 18.7. The Kier molecular flexibility index (Phi) is 6.73. The van der Waals surface area contributed by atoms with Crippen LogP contribution in [0.25, 0.3) is 38.8 Å². The molecule has 0 spiro atoms. The van der Waals surface area contributed by atoms with Crippen LogP contribution in [-0.2, 0) is 10.8 Å². The van der Waals surface area contributed by atoms with E-state index in [1.807, 2.05) is 136 Å². The maximum Gasteiger partial charge on any atom is 0.137 e. The SMILES string of the molecule is [2H]C1=C([2H])N(c2cccc(C(C)(C)c3ccccc3)c2)CN1c1cc(Oc2ccc3c4ccccc4n(-c4cc(C(C)(C([2H])([2H])[2H])C([2H])([2H])[2H])ccn4)c3c2)cc(-c2ccccc2)c1. The Morgan fingerprint density at radius 1 is 0.571 bits per heavy atom. The van der Waals surface area contributed by atoms with E-state index in [9.17, 15) is 1.37 Å². The van der Waals surface area contributed by atoms with E-state index in [-0.39, 0.29) is 30.0 Å². The zero-order valence-corrected chi connectivity index (χ0v) is 31.5. The molecule has 276 valence electrons. The number of nitrogens with zero attached hydrogens (tertiary/aromatic N) is 4. The van der Waals surface area contributed by atoms with Crippen LogP contribution in [0.15, 0.2) is 176 Å². The summed E-state index contributed by atoms with van der Waals surface area (Å²) in [6.45, 7) is 0.219. The zero-order valence-electron chi connectivity index (χ0n) is 39.5. The minimum absolute atomic E-state index is 0.0534. The third-order valence-corrected chi connectivity index (χ3v) is 10.7. The van der Waals surface area contributed by atoms with Gasteiger partial charge < -0.3 is 14.5 Å². The van der Waals surface area contributed by atoms with Crippen molar-refractivity contribution in [3.8, 4) is 28.4 Å². The molecule has 0 saturated heterocycles. The van der Waals surface area contributed by atoms with Crippen molar-refractivity contribution in [3.63, 3.8) is 0 Å². The summed E-state index contributed by atoms with van der Waals surface area (Å²) < 4.78 is 76.7. The average molecular weight is 739 g/mol. The molecule has 2 aromatic heterocycles. The summed E-state index contributed by atoms with van der Waals surface area (Å²) >= 11 is 0. The fourth-order valence-corrected chi connectivity index (χ4v) is 7.55. The van der Waals surface area contributed by atoms with Gasteiger partial charge in [-0.05, 0) is 87.8 Å². The van der Waals surface area contributed by atoms with Crippen LogP contribution in [-0.4, -0.2) is 16.2 Å². The van der Waals surface area contributed by atoms with Gasteiger partial charge in [-0.2, -0.15) is 0 Å². The molecule has 0 N–H and O–H groups in total. The lowest BCUT2D eigenvalue weighted by molar-refractivity contribution is 0.483. The zero-order chi connectivity index (χ0) is 45.2. The largest absolute Gasteiger partial charge is 0.457 e.